The van der Waals surface area contributed by atoms with Crippen LogP contribution in [-0.2, 0) is 26.7 Å². The van der Waals surface area contributed by atoms with E-state index in [1.54, 1.807) is 0 Å². The fourth-order valence-electron chi connectivity index (χ4n) is 0.384. The van der Waals surface area contributed by atoms with Gasteiger partial charge in [-0.05, 0) is 12.8 Å². The molecule has 6 heteroatoms. The summed E-state index contributed by atoms with van der Waals surface area (Å²) in [6, 6.07) is 0. The molecule has 0 aromatic rings. The van der Waals surface area contributed by atoms with Crippen LogP contribution in [0.15, 0.2) is 0 Å². The molecule has 5 nitrogen and oxygen atoms in total. The van der Waals surface area contributed by atoms with Crippen LogP contribution in [0.3, 0.4) is 0 Å². The Balaban J connectivity index is -0.000000320. The molecule has 0 bridgehead atoms. The first-order chi connectivity index (χ1) is 4.13. The number of hydrogen-bond donors (Lipinski definition) is 2. The van der Waals surface area contributed by atoms with Gasteiger partial charge in [0.05, 0.1) is 0 Å². The molecular weight excluding hydrogens is 202 g/mol. The Kier molecular flexibility index (Phi) is 14.4. The van der Waals surface area contributed by atoms with Crippen LogP contribution < -0.4 is 11.3 Å². The van der Waals surface area contributed by atoms with Crippen LogP contribution >= 0.6 is 0 Å². The third-order valence-corrected chi connectivity index (χ3v) is 0.772. The summed E-state index contributed by atoms with van der Waals surface area (Å²) >= 11 is 0. The average Bonchev–Trinajstić information content (AvgIpc) is 1.63. The van der Waals surface area contributed by atoms with Gasteiger partial charge in [-0.3, -0.25) is 4.79 Å². The molecule has 5 N–H and O–H groups in total. The van der Waals surface area contributed by atoms with Crippen LogP contribution in [0, 0.1) is 0 Å². The van der Waals surface area contributed by atoms with Crippen molar-refractivity contribution in [2.45, 2.75) is 19.3 Å². The second-order valence-electron chi connectivity index (χ2n) is 1.62. The molecule has 0 saturated carbocycles. The predicted molar refractivity (Wildman–Crippen MR) is 32.5 cm³/mol. The first-order valence-electron chi connectivity index (χ1n) is 2.54. The van der Waals surface area contributed by atoms with Crippen LogP contribution in [0.4, 0.5) is 0 Å². The number of carboxylic acid groups (broad SMARTS) is 2. The third kappa shape index (κ3) is 17.7. The van der Waals surface area contributed by atoms with E-state index < -0.39 is 11.9 Å². The number of hydrogen-bond acceptors (Lipinski definition) is 3. The first-order valence-corrected chi connectivity index (χ1v) is 2.54. The van der Waals surface area contributed by atoms with E-state index >= 15 is 0 Å². The van der Waals surface area contributed by atoms with Gasteiger partial charge in [-0.2, -0.15) is 0 Å². The minimum Gasteiger partial charge on any atom is -0.550 e. The Bertz CT molecular complexity index is 114. The summed E-state index contributed by atoms with van der Waals surface area (Å²) in [5.41, 5.74) is 0. The number of rotatable bonds is 4. The molecule has 0 heterocycles. The van der Waals surface area contributed by atoms with Gasteiger partial charge in [0.2, 0.25) is 0 Å². The molecule has 0 spiro atoms. The van der Waals surface area contributed by atoms with Crippen molar-refractivity contribution in [2.24, 2.45) is 0 Å². The molecule has 1 radical (unpaired) electrons. The van der Waals surface area contributed by atoms with E-state index in [-0.39, 0.29) is 42.5 Å². The zero-order valence-corrected chi connectivity index (χ0v) is 7.04. The Hall–Kier alpha value is -0.581. The smallest absolute Gasteiger partial charge is 0.303 e. The number of aliphatic carboxylic acids is 2. The van der Waals surface area contributed by atoms with Crippen molar-refractivity contribution < 1.29 is 36.9 Å². The van der Waals surface area contributed by atoms with E-state index in [2.05, 4.69) is 0 Å². The quantitative estimate of drug-likeness (QED) is 0.604. The topological polar surface area (TPSA) is 114 Å². The Labute approximate surface area is 74.8 Å². The minimum atomic E-state index is -1.20. The molecule has 0 amide bonds. The van der Waals surface area contributed by atoms with Crippen molar-refractivity contribution >= 4 is 11.9 Å². The Morgan fingerprint density at radius 1 is 1.27 bits per heavy atom. The fourth-order valence-corrected chi connectivity index (χ4v) is 0.384. The summed E-state index contributed by atoms with van der Waals surface area (Å²) < 4.78 is 0. The van der Waals surface area contributed by atoms with E-state index in [4.69, 9.17) is 5.11 Å². The molecule has 0 aliphatic carbocycles. The Morgan fingerprint density at radius 2 is 1.73 bits per heavy atom. The zero-order chi connectivity index (χ0) is 7.28. The van der Waals surface area contributed by atoms with E-state index in [0.717, 1.165) is 0 Å². The predicted octanol–water partition coefficient (Wildman–Crippen LogP) is -0.635. The summed E-state index contributed by atoms with van der Waals surface area (Å²) in [7, 11) is 0. The van der Waals surface area contributed by atoms with Gasteiger partial charge in [0.1, 0.15) is 0 Å². The van der Waals surface area contributed by atoms with Crippen LogP contribution in [0.2, 0.25) is 0 Å². The summed E-state index contributed by atoms with van der Waals surface area (Å²) in [5, 5.41) is 17.7. The maximum atomic E-state index is 9.77. The molecule has 0 unspecified atom stereocenters. The van der Waals surface area contributed by atoms with Crippen LogP contribution in [0.25, 0.3) is 0 Å². The van der Waals surface area contributed by atoms with Crippen LogP contribution in [0.5, 0.6) is 0 Å². The summed E-state index contributed by atoms with van der Waals surface area (Å²) in [6.45, 7) is 0. The zero-order valence-electron chi connectivity index (χ0n) is 6.09. The molecule has 0 atom stereocenters. The van der Waals surface area contributed by atoms with Crippen molar-refractivity contribution in [1.29, 1.82) is 0 Å². The second-order valence-corrected chi connectivity index (χ2v) is 1.62. The van der Waals surface area contributed by atoms with E-state index in [9.17, 15) is 14.7 Å². The average molecular weight is 213 g/mol. The van der Waals surface area contributed by atoms with E-state index in [0.29, 0.717) is 0 Å². The van der Waals surface area contributed by atoms with Gasteiger partial charge in [-0.1, -0.05) is 0 Å². The van der Waals surface area contributed by atoms with Gasteiger partial charge in [-0.25, -0.2) is 0 Å². The summed E-state index contributed by atoms with van der Waals surface area (Å²) in [6.07, 6.45) is -0.127. The van der Waals surface area contributed by atoms with Crippen molar-refractivity contribution in [2.75, 3.05) is 0 Å². The van der Waals surface area contributed by atoms with Crippen molar-refractivity contribution in [1.82, 2.24) is 6.15 Å². The van der Waals surface area contributed by atoms with Crippen molar-refractivity contribution in [3.63, 3.8) is 0 Å². The molecule has 0 rings (SSSR count). The van der Waals surface area contributed by atoms with Crippen molar-refractivity contribution in [3.05, 3.63) is 0 Å². The maximum Gasteiger partial charge on any atom is 0.303 e. The van der Waals surface area contributed by atoms with Gasteiger partial charge in [0.15, 0.2) is 0 Å². The standard InChI is InChI=1S/C5H8O4.Cu.H3N/c6-4(7)2-1-3-5(8)9;;/h1-3H2,(H,6,7)(H,8,9);;1H3. The largest absolute Gasteiger partial charge is 0.550 e. The number of carbonyl (C=O) groups is 2. The molecule has 71 valence electrons. The number of quaternary nitrogens is 1. The van der Waals surface area contributed by atoms with Crippen molar-refractivity contribution in [3.8, 4) is 0 Å². The van der Waals surface area contributed by atoms with Gasteiger partial charge >= 0.3 is 5.97 Å². The van der Waals surface area contributed by atoms with E-state index in [1.807, 2.05) is 0 Å². The molecule has 0 aliphatic heterocycles. The number of carboxylic acids is 2. The van der Waals surface area contributed by atoms with Crippen LogP contribution in [0.1, 0.15) is 19.3 Å². The monoisotopic (exact) mass is 212 g/mol. The summed E-state index contributed by atoms with van der Waals surface area (Å²) in [4.78, 5) is 19.4. The molecule has 0 saturated heterocycles. The molecule has 0 aromatic carbocycles. The molecule has 0 aliphatic rings. The summed E-state index contributed by atoms with van der Waals surface area (Å²) in [5.74, 6) is -2.17. The normalized spacial score (nSPS) is 7.27. The molecule has 11 heavy (non-hydrogen) atoms. The van der Waals surface area contributed by atoms with Gasteiger partial charge in [-0.15, -0.1) is 0 Å². The fraction of sp³-hybridized carbons (Fsp3) is 0.600. The van der Waals surface area contributed by atoms with Gasteiger partial charge in [0, 0.05) is 29.5 Å². The van der Waals surface area contributed by atoms with Gasteiger partial charge in [0.25, 0.3) is 0 Å². The molecular formula is C5H11CuNO4. The van der Waals surface area contributed by atoms with E-state index in [1.165, 1.54) is 0 Å². The Morgan fingerprint density at radius 3 is 2.00 bits per heavy atom. The molecule has 0 fully saturated rings. The third-order valence-electron chi connectivity index (χ3n) is 0.772. The second kappa shape index (κ2) is 9.42. The SMILES string of the molecule is O=C([O-])CCCC(=O)O.[Cu].[NH4+]. The van der Waals surface area contributed by atoms with Gasteiger partial charge < -0.3 is 21.2 Å². The first kappa shape index (κ1) is 16.8. The molecule has 0 aromatic heterocycles. The number of carbonyl (C=O) groups excluding carboxylic acids is 1. The van der Waals surface area contributed by atoms with Crippen LogP contribution in [-0.4, -0.2) is 17.0 Å². The maximum absolute atomic E-state index is 9.77. The minimum absolute atomic E-state index is 0.